The zero-order valence-corrected chi connectivity index (χ0v) is 13.4. The highest BCUT2D eigenvalue weighted by Crippen LogP contribution is 2.27. The number of rotatable bonds is 4. The number of hydrogen-bond donors (Lipinski definition) is 0. The van der Waals surface area contributed by atoms with Crippen molar-refractivity contribution in [3.05, 3.63) is 59.1 Å². The highest BCUT2D eigenvalue weighted by atomic mass is 32.1. The van der Waals surface area contributed by atoms with Gasteiger partial charge in [0, 0.05) is 0 Å². The normalized spacial score (nSPS) is 17.2. The van der Waals surface area contributed by atoms with Gasteiger partial charge in [0.05, 0.1) is 10.2 Å². The molecule has 1 atom stereocenters. The molecule has 1 unspecified atom stereocenters. The summed E-state index contributed by atoms with van der Waals surface area (Å²) in [5.41, 5.74) is 1.60. The summed E-state index contributed by atoms with van der Waals surface area (Å²) in [5, 5.41) is 0.898. The lowest BCUT2D eigenvalue weighted by Crippen LogP contribution is -2.12. The van der Waals surface area contributed by atoms with Crippen LogP contribution in [0.5, 0.6) is 5.75 Å². The zero-order valence-electron chi connectivity index (χ0n) is 12.6. The van der Waals surface area contributed by atoms with Crippen molar-refractivity contribution < 1.29 is 19.1 Å². The summed E-state index contributed by atoms with van der Waals surface area (Å²) in [4.78, 5) is 27.8. The third-order valence-electron chi connectivity index (χ3n) is 3.83. The third-order valence-corrected chi connectivity index (χ3v) is 4.84. The second-order valence-electron chi connectivity index (χ2n) is 5.44. The summed E-state index contributed by atoms with van der Waals surface area (Å²) in [6.07, 6.45) is 0. The summed E-state index contributed by atoms with van der Waals surface area (Å²) in [6, 6.07) is 14.9. The van der Waals surface area contributed by atoms with E-state index in [9.17, 15) is 9.59 Å². The molecule has 0 N–H and O–H groups in total. The highest BCUT2D eigenvalue weighted by Gasteiger charge is 2.36. The van der Waals surface area contributed by atoms with Gasteiger partial charge in [-0.25, -0.2) is 4.98 Å². The summed E-state index contributed by atoms with van der Waals surface area (Å²) >= 11 is 1.60. The van der Waals surface area contributed by atoms with E-state index in [-0.39, 0.29) is 12.4 Å². The SMILES string of the molecule is O=C1COC(=O)C1c1ccc(OCc2nc3ccccc3s2)cc1. The smallest absolute Gasteiger partial charge is 0.321 e. The van der Waals surface area contributed by atoms with Gasteiger partial charge in [0.2, 0.25) is 0 Å². The van der Waals surface area contributed by atoms with Crippen molar-refractivity contribution in [2.24, 2.45) is 0 Å². The quantitative estimate of drug-likeness (QED) is 0.540. The van der Waals surface area contributed by atoms with Crippen molar-refractivity contribution in [2.75, 3.05) is 6.61 Å². The van der Waals surface area contributed by atoms with E-state index in [0.29, 0.717) is 17.9 Å². The minimum Gasteiger partial charge on any atom is -0.486 e. The molecule has 0 spiro atoms. The van der Waals surface area contributed by atoms with Gasteiger partial charge < -0.3 is 9.47 Å². The van der Waals surface area contributed by atoms with Gasteiger partial charge in [-0.2, -0.15) is 0 Å². The van der Waals surface area contributed by atoms with Crippen LogP contribution in [0.25, 0.3) is 10.2 Å². The number of nitrogens with zero attached hydrogens (tertiary/aromatic N) is 1. The average Bonchev–Trinajstić information content (AvgIpc) is 3.16. The van der Waals surface area contributed by atoms with E-state index >= 15 is 0 Å². The second kappa shape index (κ2) is 6.05. The largest absolute Gasteiger partial charge is 0.486 e. The summed E-state index contributed by atoms with van der Waals surface area (Å²) in [7, 11) is 0. The van der Waals surface area contributed by atoms with Gasteiger partial charge in [0.15, 0.2) is 12.4 Å². The first-order chi connectivity index (χ1) is 11.7. The van der Waals surface area contributed by atoms with Crippen LogP contribution >= 0.6 is 11.3 Å². The van der Waals surface area contributed by atoms with Crippen LogP contribution in [-0.2, 0) is 20.9 Å². The molecule has 0 amide bonds. The number of fused-ring (bicyclic) bond motifs is 1. The Labute approximate surface area is 141 Å². The Balaban J connectivity index is 1.45. The van der Waals surface area contributed by atoms with E-state index in [1.165, 1.54) is 0 Å². The number of carbonyl (C=O) groups is 2. The lowest BCUT2D eigenvalue weighted by molar-refractivity contribution is -0.139. The fraction of sp³-hybridized carbons (Fsp3) is 0.167. The van der Waals surface area contributed by atoms with Crippen LogP contribution in [0.2, 0.25) is 0 Å². The number of thiazole rings is 1. The minimum atomic E-state index is -0.802. The molecule has 1 fully saturated rings. The Kier molecular flexibility index (Phi) is 3.74. The Morgan fingerprint density at radius 1 is 1.12 bits per heavy atom. The Morgan fingerprint density at radius 3 is 2.62 bits per heavy atom. The fourth-order valence-corrected chi connectivity index (χ4v) is 3.53. The molecule has 24 heavy (non-hydrogen) atoms. The lowest BCUT2D eigenvalue weighted by atomic mass is 9.97. The third kappa shape index (κ3) is 2.76. The lowest BCUT2D eigenvalue weighted by Gasteiger charge is -2.07. The van der Waals surface area contributed by atoms with E-state index in [2.05, 4.69) is 4.98 Å². The van der Waals surface area contributed by atoms with Gasteiger partial charge >= 0.3 is 5.97 Å². The van der Waals surface area contributed by atoms with Crippen LogP contribution in [0, 0.1) is 0 Å². The molecule has 2 heterocycles. The van der Waals surface area contributed by atoms with Crippen LogP contribution in [0.4, 0.5) is 0 Å². The predicted octanol–water partition coefficient (Wildman–Crippen LogP) is 3.08. The minimum absolute atomic E-state index is 0.140. The van der Waals surface area contributed by atoms with Crippen LogP contribution < -0.4 is 4.74 Å². The average molecular weight is 339 g/mol. The molecule has 0 radical (unpaired) electrons. The van der Waals surface area contributed by atoms with Crippen molar-refractivity contribution in [3.63, 3.8) is 0 Å². The van der Waals surface area contributed by atoms with Crippen molar-refractivity contribution in [2.45, 2.75) is 12.5 Å². The molecule has 5 nitrogen and oxygen atoms in total. The van der Waals surface area contributed by atoms with Crippen molar-refractivity contribution in [3.8, 4) is 5.75 Å². The predicted molar refractivity (Wildman–Crippen MR) is 89.1 cm³/mol. The Morgan fingerprint density at radius 2 is 1.92 bits per heavy atom. The maximum absolute atomic E-state index is 11.7. The topological polar surface area (TPSA) is 65.5 Å². The van der Waals surface area contributed by atoms with E-state index in [0.717, 1.165) is 15.2 Å². The monoisotopic (exact) mass is 339 g/mol. The van der Waals surface area contributed by atoms with Crippen LogP contribution in [0.1, 0.15) is 16.5 Å². The molecular weight excluding hydrogens is 326 g/mol. The Hall–Kier alpha value is -2.73. The van der Waals surface area contributed by atoms with Gasteiger partial charge in [0.1, 0.15) is 23.3 Å². The number of aromatic nitrogens is 1. The first kappa shape index (κ1) is 14.8. The summed E-state index contributed by atoms with van der Waals surface area (Å²) in [5.74, 6) is -0.827. The highest BCUT2D eigenvalue weighted by molar-refractivity contribution is 7.18. The molecule has 0 bridgehead atoms. The molecule has 1 saturated heterocycles. The first-order valence-electron chi connectivity index (χ1n) is 7.47. The van der Waals surface area contributed by atoms with Crippen molar-refractivity contribution in [1.82, 2.24) is 4.98 Å². The number of ketones is 1. The van der Waals surface area contributed by atoms with Gasteiger partial charge in [-0.1, -0.05) is 24.3 Å². The maximum Gasteiger partial charge on any atom is 0.321 e. The summed E-state index contributed by atoms with van der Waals surface area (Å²) in [6.45, 7) is 0.239. The standard InChI is InChI=1S/C18H13NO4S/c20-14-9-23-18(21)17(14)11-5-7-12(8-6-11)22-10-16-19-13-3-1-2-4-15(13)24-16/h1-8,17H,9-10H2. The molecule has 6 heteroatoms. The van der Waals surface area contributed by atoms with Crippen LogP contribution in [0.15, 0.2) is 48.5 Å². The van der Waals surface area contributed by atoms with Crippen LogP contribution in [-0.4, -0.2) is 23.3 Å². The number of Topliss-reactive ketones (excluding diaryl/α,β-unsaturated/α-hetero) is 1. The number of hydrogen-bond acceptors (Lipinski definition) is 6. The van der Waals surface area contributed by atoms with E-state index in [1.807, 2.05) is 24.3 Å². The first-order valence-corrected chi connectivity index (χ1v) is 8.29. The van der Waals surface area contributed by atoms with Crippen molar-refractivity contribution in [1.29, 1.82) is 0 Å². The molecule has 120 valence electrons. The van der Waals surface area contributed by atoms with Gasteiger partial charge in [-0.3, -0.25) is 9.59 Å². The zero-order chi connectivity index (χ0) is 16.5. The Bertz CT molecular complexity index is 867. The van der Waals surface area contributed by atoms with Gasteiger partial charge in [-0.05, 0) is 29.8 Å². The molecule has 1 aliphatic rings. The number of para-hydroxylation sites is 1. The molecule has 2 aromatic carbocycles. The molecule has 0 aliphatic carbocycles. The van der Waals surface area contributed by atoms with E-state index in [4.69, 9.17) is 9.47 Å². The molecule has 1 aliphatic heterocycles. The molecule has 0 saturated carbocycles. The number of ether oxygens (including phenoxy) is 2. The second-order valence-corrected chi connectivity index (χ2v) is 6.56. The number of carbonyl (C=O) groups excluding carboxylic acids is 2. The summed E-state index contributed by atoms with van der Waals surface area (Å²) < 4.78 is 11.6. The molecule has 4 rings (SSSR count). The number of cyclic esters (lactones) is 1. The number of esters is 1. The van der Waals surface area contributed by atoms with Gasteiger partial charge in [0.25, 0.3) is 0 Å². The molecular formula is C18H13NO4S. The van der Waals surface area contributed by atoms with E-state index in [1.54, 1.807) is 35.6 Å². The molecule has 3 aromatic rings. The number of benzene rings is 2. The maximum atomic E-state index is 11.7. The van der Waals surface area contributed by atoms with E-state index < -0.39 is 11.9 Å². The van der Waals surface area contributed by atoms with Gasteiger partial charge in [-0.15, -0.1) is 11.3 Å². The molecule has 1 aromatic heterocycles. The van der Waals surface area contributed by atoms with Crippen molar-refractivity contribution >= 4 is 33.3 Å². The van der Waals surface area contributed by atoms with Crippen LogP contribution in [0.3, 0.4) is 0 Å². The fourth-order valence-electron chi connectivity index (χ4n) is 2.65.